The van der Waals surface area contributed by atoms with E-state index in [2.05, 4.69) is 10.3 Å². The zero-order chi connectivity index (χ0) is 14.7. The van der Waals surface area contributed by atoms with Crippen molar-refractivity contribution in [2.75, 3.05) is 5.32 Å². The van der Waals surface area contributed by atoms with E-state index in [0.29, 0.717) is 6.54 Å². The zero-order valence-corrected chi connectivity index (χ0v) is 11.5. The summed E-state index contributed by atoms with van der Waals surface area (Å²) in [7, 11) is 0. The van der Waals surface area contributed by atoms with Crippen molar-refractivity contribution in [2.45, 2.75) is 25.4 Å². The molecule has 1 aromatic carbocycles. The first-order chi connectivity index (χ1) is 10.2. The molecular weight excluding hydrogens is 269 g/mol. The number of carbonyl (C=O) groups excluding carboxylic acids is 1. The predicted octanol–water partition coefficient (Wildman–Crippen LogP) is 3.42. The molecule has 0 bridgehead atoms. The van der Waals surface area contributed by atoms with E-state index in [1.165, 1.54) is 6.07 Å². The Hall–Kier alpha value is -2.43. The summed E-state index contributed by atoms with van der Waals surface area (Å²) in [5.41, 5.74) is 1.03. The Morgan fingerprint density at radius 1 is 1.24 bits per heavy atom. The second kappa shape index (κ2) is 5.91. The first-order valence-electron chi connectivity index (χ1n) is 6.96. The van der Waals surface area contributed by atoms with Gasteiger partial charge in [-0.1, -0.05) is 18.2 Å². The van der Waals surface area contributed by atoms with E-state index in [1.807, 2.05) is 18.2 Å². The molecular formula is C16H16FN3O. The molecule has 3 rings (SSSR count). The number of rotatable bonds is 4. The molecule has 5 heteroatoms. The van der Waals surface area contributed by atoms with Gasteiger partial charge in [-0.2, -0.15) is 0 Å². The van der Waals surface area contributed by atoms with Crippen molar-refractivity contribution >= 4 is 11.7 Å². The van der Waals surface area contributed by atoms with Gasteiger partial charge in [0.15, 0.2) is 0 Å². The lowest BCUT2D eigenvalue weighted by Gasteiger charge is -2.22. The molecule has 1 aromatic heterocycles. The van der Waals surface area contributed by atoms with Gasteiger partial charge in [-0.05, 0) is 37.1 Å². The highest BCUT2D eigenvalue weighted by Crippen LogP contribution is 2.29. The average Bonchev–Trinajstić information content (AvgIpc) is 3.33. The van der Waals surface area contributed by atoms with Gasteiger partial charge in [0.25, 0.3) is 0 Å². The van der Waals surface area contributed by atoms with Crippen LogP contribution in [0.1, 0.15) is 18.5 Å². The van der Waals surface area contributed by atoms with Crippen LogP contribution in [0.5, 0.6) is 0 Å². The van der Waals surface area contributed by atoms with Crippen LogP contribution >= 0.6 is 0 Å². The van der Waals surface area contributed by atoms with E-state index in [-0.39, 0.29) is 17.8 Å². The minimum absolute atomic E-state index is 0.203. The van der Waals surface area contributed by atoms with Gasteiger partial charge in [0.2, 0.25) is 0 Å². The van der Waals surface area contributed by atoms with Crippen LogP contribution in [-0.2, 0) is 6.54 Å². The van der Waals surface area contributed by atoms with Gasteiger partial charge in [-0.15, -0.1) is 0 Å². The average molecular weight is 285 g/mol. The molecule has 0 atom stereocenters. The lowest BCUT2D eigenvalue weighted by Crippen LogP contribution is -2.36. The number of benzene rings is 1. The predicted molar refractivity (Wildman–Crippen MR) is 78.2 cm³/mol. The quantitative estimate of drug-likeness (QED) is 0.935. The summed E-state index contributed by atoms with van der Waals surface area (Å²) in [5.74, 6) is -0.431. The molecule has 0 aliphatic heterocycles. The summed E-state index contributed by atoms with van der Waals surface area (Å²) in [6, 6.07) is 11.7. The highest BCUT2D eigenvalue weighted by Gasteiger charge is 2.33. The van der Waals surface area contributed by atoms with Crippen molar-refractivity contribution in [1.29, 1.82) is 0 Å². The number of hydrogen-bond donors (Lipinski definition) is 1. The lowest BCUT2D eigenvalue weighted by molar-refractivity contribution is 0.205. The molecule has 0 radical (unpaired) electrons. The fraction of sp³-hybridized carbons (Fsp3) is 0.250. The molecule has 2 amide bonds. The molecule has 1 saturated carbocycles. The summed E-state index contributed by atoms with van der Waals surface area (Å²) < 4.78 is 13.6. The van der Waals surface area contributed by atoms with Crippen molar-refractivity contribution in [3.8, 4) is 0 Å². The highest BCUT2D eigenvalue weighted by atomic mass is 19.1. The largest absolute Gasteiger partial charge is 0.322 e. The van der Waals surface area contributed by atoms with Crippen LogP contribution in [0, 0.1) is 5.82 Å². The highest BCUT2D eigenvalue weighted by molar-refractivity contribution is 5.89. The summed E-state index contributed by atoms with van der Waals surface area (Å²) in [4.78, 5) is 18.3. The van der Waals surface area contributed by atoms with Crippen LogP contribution in [0.15, 0.2) is 48.7 Å². The maximum Gasteiger partial charge on any atom is 0.322 e. The minimum Gasteiger partial charge on any atom is -0.316 e. The number of nitrogens with zero attached hydrogens (tertiary/aromatic N) is 2. The molecule has 21 heavy (non-hydrogen) atoms. The molecule has 1 aliphatic rings. The van der Waals surface area contributed by atoms with Crippen molar-refractivity contribution in [1.82, 2.24) is 9.88 Å². The standard InChI is InChI=1S/C16H16FN3O/c17-14-6-1-2-7-15(14)19-16(21)20(13-8-9-13)11-12-5-3-4-10-18-12/h1-7,10,13H,8-9,11H2,(H,19,21). The number of amides is 2. The third-order valence-electron chi connectivity index (χ3n) is 3.42. The molecule has 1 fully saturated rings. The number of halogens is 1. The van der Waals surface area contributed by atoms with Crippen LogP contribution in [-0.4, -0.2) is 22.0 Å². The molecule has 1 aliphatic carbocycles. The Kier molecular flexibility index (Phi) is 3.81. The molecule has 108 valence electrons. The number of urea groups is 1. The van der Waals surface area contributed by atoms with Crippen molar-refractivity contribution < 1.29 is 9.18 Å². The third kappa shape index (κ3) is 3.37. The summed E-state index contributed by atoms with van der Waals surface area (Å²) >= 11 is 0. The van der Waals surface area contributed by atoms with Gasteiger partial charge in [-0.25, -0.2) is 9.18 Å². The Labute approximate surface area is 122 Å². The summed E-state index contributed by atoms with van der Waals surface area (Å²) in [5, 5.41) is 2.64. The van der Waals surface area contributed by atoms with E-state index in [9.17, 15) is 9.18 Å². The van der Waals surface area contributed by atoms with Crippen LogP contribution in [0.4, 0.5) is 14.9 Å². The van der Waals surface area contributed by atoms with Crippen LogP contribution in [0.3, 0.4) is 0 Å². The minimum atomic E-state index is -0.431. The Bertz CT molecular complexity index is 628. The Morgan fingerprint density at radius 2 is 2.00 bits per heavy atom. The SMILES string of the molecule is O=C(Nc1ccccc1F)N(Cc1ccccn1)C1CC1. The van der Waals surface area contributed by atoms with Gasteiger partial charge >= 0.3 is 6.03 Å². The maximum atomic E-state index is 13.6. The first kappa shape index (κ1) is 13.5. The Balaban J connectivity index is 1.72. The number of pyridine rings is 1. The molecule has 4 nitrogen and oxygen atoms in total. The third-order valence-corrected chi connectivity index (χ3v) is 3.42. The molecule has 0 unspecified atom stereocenters. The monoisotopic (exact) mass is 285 g/mol. The number of carbonyl (C=O) groups is 1. The van der Waals surface area contributed by atoms with Crippen molar-refractivity contribution in [2.24, 2.45) is 0 Å². The zero-order valence-electron chi connectivity index (χ0n) is 11.5. The van der Waals surface area contributed by atoms with E-state index >= 15 is 0 Å². The number of nitrogens with one attached hydrogen (secondary N) is 1. The Morgan fingerprint density at radius 3 is 2.67 bits per heavy atom. The van der Waals surface area contributed by atoms with Crippen LogP contribution < -0.4 is 5.32 Å². The number of anilines is 1. The topological polar surface area (TPSA) is 45.2 Å². The van der Waals surface area contributed by atoms with Gasteiger partial charge in [0, 0.05) is 12.2 Å². The van der Waals surface area contributed by atoms with Gasteiger partial charge in [0.05, 0.1) is 17.9 Å². The fourth-order valence-corrected chi connectivity index (χ4v) is 2.17. The van der Waals surface area contributed by atoms with E-state index in [0.717, 1.165) is 18.5 Å². The van der Waals surface area contributed by atoms with E-state index in [4.69, 9.17) is 0 Å². The lowest BCUT2D eigenvalue weighted by atomic mass is 10.3. The normalized spacial score (nSPS) is 13.8. The van der Waals surface area contributed by atoms with Gasteiger partial charge < -0.3 is 10.2 Å². The van der Waals surface area contributed by atoms with Crippen LogP contribution in [0.25, 0.3) is 0 Å². The number of para-hydroxylation sites is 1. The molecule has 0 saturated heterocycles. The number of hydrogen-bond acceptors (Lipinski definition) is 2. The van der Waals surface area contributed by atoms with Gasteiger partial charge in [-0.3, -0.25) is 4.98 Å². The summed E-state index contributed by atoms with van der Waals surface area (Å²) in [6.07, 6.45) is 3.67. The first-order valence-corrected chi connectivity index (χ1v) is 6.96. The van der Waals surface area contributed by atoms with Crippen molar-refractivity contribution in [3.05, 3.63) is 60.2 Å². The molecule has 2 aromatic rings. The van der Waals surface area contributed by atoms with Crippen LogP contribution in [0.2, 0.25) is 0 Å². The smallest absolute Gasteiger partial charge is 0.316 e. The number of aromatic nitrogens is 1. The van der Waals surface area contributed by atoms with Gasteiger partial charge in [0.1, 0.15) is 5.82 Å². The van der Waals surface area contributed by atoms with E-state index < -0.39 is 5.82 Å². The van der Waals surface area contributed by atoms with Crippen molar-refractivity contribution in [3.63, 3.8) is 0 Å². The molecule has 0 spiro atoms. The second-order valence-electron chi connectivity index (χ2n) is 5.09. The van der Waals surface area contributed by atoms with E-state index in [1.54, 1.807) is 29.3 Å². The molecule has 1 heterocycles. The maximum absolute atomic E-state index is 13.6. The second-order valence-corrected chi connectivity index (χ2v) is 5.09. The fourth-order valence-electron chi connectivity index (χ4n) is 2.17. The summed E-state index contributed by atoms with van der Waals surface area (Å²) in [6.45, 7) is 0.436. The molecule has 1 N–H and O–H groups in total.